The molecule has 1 aromatic carbocycles. The minimum Gasteiger partial charge on any atom is -0.458 e. The van der Waals surface area contributed by atoms with E-state index in [9.17, 15) is 57.5 Å². The SMILES string of the molecule is C=C1C(=O)N[C@@H](C)C(=O)N(C)[C@@H](C)C(=O)N[C@@H]([C@H](OC(=O)[C@@H](NC(=O)CC)[C@H](OP(=O)(O)O)C(C)C)C(C)C)C(=O)N(C)[C@@H]([C@@H](C)OC)C(=O)O[C@H](C(C)C)[C@H](NC(C)=O)C(=O)O[C@H](Cc2ccccc2)C(=O)N1C. The highest BCUT2D eigenvalue weighted by atomic mass is 31.2. The van der Waals surface area contributed by atoms with Gasteiger partial charge >= 0.3 is 25.7 Å². The molecule has 1 fully saturated rings. The van der Waals surface area contributed by atoms with E-state index in [-0.39, 0.29) is 12.8 Å². The van der Waals surface area contributed by atoms with Crippen molar-refractivity contribution in [2.24, 2.45) is 17.8 Å². The number of carbonyl (C=O) groups excluding carboxylic acids is 10. The molecule has 0 saturated carbocycles. The number of hydrogen-bond donors (Lipinski definition) is 6. The monoisotopic (exact) mass is 1080 g/mol. The van der Waals surface area contributed by atoms with E-state index in [4.69, 9.17) is 23.5 Å². The Morgan fingerprint density at radius 2 is 1.43 bits per heavy atom. The standard InChI is InChI=1S/C49H76N7O18P/c1-17-34(58)52-37(41(26(6)7)74-75(67,68)69)48(65)72-39(24(2)3)35-46(63)56(15)38(30(11)70-16)49(66)73-40(25(4)5)36(51-31(12)57)47(64)71-33(23-32-21-19-18-20-22-32)45(62)55(14)28(9)42(59)50-27(8)44(61)54(13)29(10)43(60)53-35/h18-22,24-27,29-30,33,35-41H,9,17,23H2,1-8,10-16H3,(H,50,59)(H,51,57)(H,52,58)(H,53,60)(H2,67,68,69)/t27-,29-,30+,33+,35-,36-,37-,38-,39+,40+,41+/m0/s1. The molecule has 0 spiro atoms. The summed E-state index contributed by atoms with van der Waals surface area (Å²) in [6.45, 7) is 19.1. The van der Waals surface area contributed by atoms with Gasteiger partial charge in [-0.15, -0.1) is 0 Å². The molecule has 6 N–H and O–H groups in total. The van der Waals surface area contributed by atoms with E-state index in [2.05, 4.69) is 27.8 Å². The van der Waals surface area contributed by atoms with Gasteiger partial charge in [0.1, 0.15) is 42.1 Å². The number of phosphoric acid groups is 1. The Morgan fingerprint density at radius 1 is 0.840 bits per heavy atom. The zero-order valence-electron chi connectivity index (χ0n) is 45.3. The quantitative estimate of drug-likeness (QED) is 0.0568. The van der Waals surface area contributed by atoms with E-state index >= 15 is 4.79 Å². The van der Waals surface area contributed by atoms with Gasteiger partial charge in [-0.2, -0.15) is 0 Å². The number of carbonyl (C=O) groups is 10. The summed E-state index contributed by atoms with van der Waals surface area (Å²) >= 11 is 0. The fraction of sp³-hybridized carbons (Fsp3) is 0.633. The Labute approximate surface area is 437 Å². The van der Waals surface area contributed by atoms with Crippen molar-refractivity contribution >= 4 is 67.1 Å². The van der Waals surface area contributed by atoms with Crippen LogP contribution in [0.25, 0.3) is 0 Å². The lowest BCUT2D eigenvalue weighted by atomic mass is 9.95. The second kappa shape index (κ2) is 28.6. The van der Waals surface area contributed by atoms with E-state index in [0.29, 0.717) is 5.56 Å². The minimum atomic E-state index is -5.34. The maximum absolute atomic E-state index is 15.2. The summed E-state index contributed by atoms with van der Waals surface area (Å²) in [5, 5.41) is 9.77. The van der Waals surface area contributed by atoms with Crippen molar-refractivity contribution in [2.75, 3.05) is 28.3 Å². The zero-order chi connectivity index (χ0) is 57.6. The first-order chi connectivity index (χ1) is 34.7. The van der Waals surface area contributed by atoms with Crippen molar-refractivity contribution < 1.29 is 85.8 Å². The number of nitrogens with one attached hydrogen (secondary N) is 4. The summed E-state index contributed by atoms with van der Waals surface area (Å²) in [5.41, 5.74) is 0.00446. The third kappa shape index (κ3) is 18.2. The van der Waals surface area contributed by atoms with Crippen LogP contribution in [0.3, 0.4) is 0 Å². The fourth-order valence-corrected chi connectivity index (χ4v) is 8.49. The molecule has 0 radical (unpaired) electrons. The van der Waals surface area contributed by atoms with Crippen LogP contribution in [-0.2, 0) is 82.4 Å². The molecule has 25 nitrogen and oxygen atoms in total. The second-order valence-corrected chi connectivity index (χ2v) is 20.5. The van der Waals surface area contributed by atoms with Gasteiger partial charge in [0.05, 0.1) is 6.10 Å². The molecule has 11 atom stereocenters. The van der Waals surface area contributed by atoms with Gasteiger partial charge in [0, 0.05) is 48.0 Å². The number of benzene rings is 1. The predicted molar refractivity (Wildman–Crippen MR) is 268 cm³/mol. The van der Waals surface area contributed by atoms with Crippen LogP contribution in [0.15, 0.2) is 42.6 Å². The Kier molecular flexibility index (Phi) is 24.7. The summed E-state index contributed by atoms with van der Waals surface area (Å²) in [6, 6.07) is -2.05. The summed E-state index contributed by atoms with van der Waals surface area (Å²) in [7, 11) is -0.611. The fourth-order valence-electron chi connectivity index (χ4n) is 7.80. The van der Waals surface area contributed by atoms with Crippen LogP contribution in [0.4, 0.5) is 0 Å². The second-order valence-electron chi connectivity index (χ2n) is 19.3. The zero-order valence-corrected chi connectivity index (χ0v) is 46.2. The maximum atomic E-state index is 15.2. The van der Waals surface area contributed by atoms with Crippen LogP contribution in [0.2, 0.25) is 0 Å². The molecule has 0 aromatic heterocycles. The molecule has 2 rings (SSSR count). The Bertz CT molecular complexity index is 2290. The Morgan fingerprint density at radius 3 is 1.92 bits per heavy atom. The van der Waals surface area contributed by atoms with Gasteiger partial charge in [-0.1, -0.05) is 85.4 Å². The normalized spacial score (nSPS) is 24.3. The van der Waals surface area contributed by atoms with Crippen LogP contribution in [0, 0.1) is 17.8 Å². The van der Waals surface area contributed by atoms with E-state index in [1.165, 1.54) is 76.6 Å². The van der Waals surface area contributed by atoms with Gasteiger partial charge in [0.2, 0.25) is 29.5 Å². The van der Waals surface area contributed by atoms with Crippen LogP contribution in [0.5, 0.6) is 0 Å². The smallest absolute Gasteiger partial charge is 0.458 e. The van der Waals surface area contributed by atoms with E-state index in [1.807, 2.05) is 0 Å². The summed E-state index contributed by atoms with van der Waals surface area (Å²) in [4.78, 5) is 163. The molecular formula is C49H76N7O18P. The van der Waals surface area contributed by atoms with Gasteiger partial charge < -0.3 is 64.7 Å². The highest BCUT2D eigenvalue weighted by Gasteiger charge is 2.47. The first kappa shape index (κ1) is 64.8. The molecule has 1 aliphatic heterocycles. The average Bonchev–Trinajstić information content (AvgIpc) is 3.33. The molecular weight excluding hydrogens is 1010 g/mol. The van der Waals surface area contributed by atoms with E-state index in [1.54, 1.807) is 44.2 Å². The van der Waals surface area contributed by atoms with Crippen molar-refractivity contribution in [1.29, 1.82) is 0 Å². The van der Waals surface area contributed by atoms with Crippen molar-refractivity contribution in [3.8, 4) is 0 Å². The summed E-state index contributed by atoms with van der Waals surface area (Å²) in [6.07, 6.45) is -8.47. The first-order valence-electron chi connectivity index (χ1n) is 24.3. The van der Waals surface area contributed by atoms with Crippen molar-refractivity contribution in [3.63, 3.8) is 0 Å². The highest BCUT2D eigenvalue weighted by Crippen LogP contribution is 2.40. The molecule has 1 saturated heterocycles. The topological polar surface area (TPSA) is 332 Å². The molecule has 0 unspecified atom stereocenters. The molecule has 420 valence electrons. The Hall–Kier alpha value is -6.27. The number of esters is 3. The molecule has 26 heteroatoms. The largest absolute Gasteiger partial charge is 0.469 e. The lowest BCUT2D eigenvalue weighted by molar-refractivity contribution is -0.177. The van der Waals surface area contributed by atoms with Crippen LogP contribution in [-0.4, -0.2) is 179 Å². The summed E-state index contributed by atoms with van der Waals surface area (Å²) in [5.74, 6) is -13.0. The van der Waals surface area contributed by atoms with Gasteiger partial charge in [-0.25, -0.2) is 18.9 Å². The number of methoxy groups -OCH3 is 1. The number of cyclic esters (lactones) is 2. The molecule has 0 aliphatic carbocycles. The van der Waals surface area contributed by atoms with E-state index < -0.39 is 157 Å². The van der Waals surface area contributed by atoms with Crippen molar-refractivity contribution in [2.45, 2.75) is 156 Å². The average molecular weight is 1080 g/mol. The third-order valence-corrected chi connectivity index (χ3v) is 13.0. The lowest BCUT2D eigenvalue weighted by Crippen LogP contribution is -2.64. The van der Waals surface area contributed by atoms with Gasteiger partial charge in [-0.05, 0) is 44.1 Å². The summed E-state index contributed by atoms with van der Waals surface area (Å²) < 4.78 is 40.5. The number of ether oxygens (including phenoxy) is 4. The van der Waals surface area contributed by atoms with Crippen LogP contribution < -0.4 is 21.3 Å². The number of likely N-dealkylation sites (N-methyl/N-ethyl adjacent to an activating group) is 3. The molecule has 1 aliphatic rings. The number of nitrogens with zero attached hydrogens (tertiary/aromatic N) is 3. The molecule has 1 heterocycles. The van der Waals surface area contributed by atoms with Crippen molar-refractivity contribution in [3.05, 3.63) is 48.2 Å². The number of hydrogen-bond acceptors (Lipinski definition) is 16. The predicted octanol–water partition coefficient (Wildman–Crippen LogP) is 0.494. The molecule has 0 bridgehead atoms. The van der Waals surface area contributed by atoms with Crippen LogP contribution >= 0.6 is 7.82 Å². The third-order valence-electron chi connectivity index (χ3n) is 12.4. The van der Waals surface area contributed by atoms with Gasteiger partial charge in [0.25, 0.3) is 11.8 Å². The Balaban J connectivity index is 3.02. The minimum absolute atomic E-state index is 0.202. The maximum Gasteiger partial charge on any atom is 0.469 e. The van der Waals surface area contributed by atoms with Gasteiger partial charge in [0.15, 0.2) is 24.2 Å². The molecule has 1 aromatic rings. The first-order valence-corrected chi connectivity index (χ1v) is 25.8. The van der Waals surface area contributed by atoms with Crippen LogP contribution in [0.1, 0.15) is 88.1 Å². The molecule has 75 heavy (non-hydrogen) atoms. The number of rotatable bonds is 16. The van der Waals surface area contributed by atoms with Crippen molar-refractivity contribution in [1.82, 2.24) is 36.0 Å². The lowest BCUT2D eigenvalue weighted by Gasteiger charge is -2.39. The van der Waals surface area contributed by atoms with E-state index in [0.717, 1.165) is 28.7 Å². The number of amides is 7. The molecule has 7 amide bonds. The highest BCUT2D eigenvalue weighted by molar-refractivity contribution is 7.46. The number of phosphoric ester groups is 1. The van der Waals surface area contributed by atoms with Gasteiger partial charge in [-0.3, -0.25) is 38.1 Å².